The van der Waals surface area contributed by atoms with Crippen LogP contribution in [-0.4, -0.2) is 23.8 Å². The third-order valence-electron chi connectivity index (χ3n) is 3.54. The molecule has 19 heavy (non-hydrogen) atoms. The predicted octanol–water partition coefficient (Wildman–Crippen LogP) is 3.05. The molecule has 0 bridgehead atoms. The van der Waals surface area contributed by atoms with Crippen molar-refractivity contribution >= 4 is 28.8 Å². The smallest absolute Gasteiger partial charge is 0.292 e. The summed E-state index contributed by atoms with van der Waals surface area (Å²) in [4.78, 5) is 23.9. The number of hydrogen-bond donors (Lipinski definition) is 0. The fourth-order valence-electron chi connectivity index (χ4n) is 2.43. The summed E-state index contributed by atoms with van der Waals surface area (Å²) in [6, 6.07) is 4.56. The van der Waals surface area contributed by atoms with Gasteiger partial charge in [0, 0.05) is 30.1 Å². The number of benzene rings is 1. The normalized spacial score (nSPS) is 16.4. The molecule has 1 aliphatic rings. The molecule has 1 aromatic rings. The molecule has 1 heterocycles. The van der Waals surface area contributed by atoms with Crippen LogP contribution in [0.15, 0.2) is 18.2 Å². The summed E-state index contributed by atoms with van der Waals surface area (Å²) in [7, 11) is 0. The van der Waals surface area contributed by atoms with Crippen molar-refractivity contribution in [3.8, 4) is 0 Å². The molecule has 1 aliphatic heterocycles. The number of rotatable bonds is 3. The molecule has 0 spiro atoms. The maximum atomic E-state index is 11.3. The van der Waals surface area contributed by atoms with Gasteiger partial charge in [0.05, 0.1) is 4.92 Å². The maximum absolute atomic E-state index is 11.3. The number of nitro groups is 1. The summed E-state index contributed by atoms with van der Waals surface area (Å²) < 4.78 is 0. The third-order valence-corrected chi connectivity index (χ3v) is 3.78. The zero-order chi connectivity index (χ0) is 14.0. The minimum Gasteiger partial charge on any atom is -0.366 e. The lowest BCUT2D eigenvalue weighted by Gasteiger charge is -2.32. The molecule has 1 fully saturated rings. The molecule has 0 amide bonds. The van der Waals surface area contributed by atoms with Gasteiger partial charge >= 0.3 is 0 Å². The van der Waals surface area contributed by atoms with E-state index in [0.717, 1.165) is 12.8 Å². The highest BCUT2D eigenvalue weighted by atomic mass is 35.5. The molecular weight excluding hydrogens is 268 g/mol. The molecule has 0 unspecified atom stereocenters. The lowest BCUT2D eigenvalue weighted by atomic mass is 9.93. The molecule has 1 aromatic carbocycles. The van der Waals surface area contributed by atoms with Gasteiger partial charge in [-0.3, -0.25) is 14.9 Å². The first kappa shape index (κ1) is 13.8. The van der Waals surface area contributed by atoms with Crippen LogP contribution in [0.5, 0.6) is 0 Å². The fourth-order valence-corrected chi connectivity index (χ4v) is 2.60. The zero-order valence-corrected chi connectivity index (χ0v) is 11.4. The van der Waals surface area contributed by atoms with Gasteiger partial charge in [-0.15, -0.1) is 0 Å². The lowest BCUT2D eigenvalue weighted by Crippen LogP contribution is -2.36. The van der Waals surface area contributed by atoms with E-state index in [4.69, 9.17) is 11.6 Å². The van der Waals surface area contributed by atoms with Crippen LogP contribution in [-0.2, 0) is 4.79 Å². The van der Waals surface area contributed by atoms with Crippen LogP contribution < -0.4 is 4.90 Å². The Balaban J connectivity index is 2.21. The van der Waals surface area contributed by atoms with E-state index in [2.05, 4.69) is 0 Å². The second kappa shape index (κ2) is 5.57. The van der Waals surface area contributed by atoms with Crippen LogP contribution >= 0.6 is 11.6 Å². The monoisotopic (exact) mass is 282 g/mol. The number of hydrogen-bond acceptors (Lipinski definition) is 4. The van der Waals surface area contributed by atoms with Crippen LogP contribution in [0.4, 0.5) is 11.4 Å². The largest absolute Gasteiger partial charge is 0.366 e. The quantitative estimate of drug-likeness (QED) is 0.631. The second-order valence-electron chi connectivity index (χ2n) is 4.76. The van der Waals surface area contributed by atoms with Crippen molar-refractivity contribution in [2.75, 3.05) is 18.0 Å². The number of carbonyl (C=O) groups is 1. The van der Waals surface area contributed by atoms with Gasteiger partial charge in [-0.05, 0) is 31.9 Å². The van der Waals surface area contributed by atoms with E-state index < -0.39 is 4.92 Å². The number of anilines is 1. The molecule has 6 heteroatoms. The van der Waals surface area contributed by atoms with Crippen LogP contribution in [0.3, 0.4) is 0 Å². The van der Waals surface area contributed by atoms with E-state index in [1.54, 1.807) is 13.0 Å². The molecular formula is C13H15ClN2O3. The van der Waals surface area contributed by atoms with Gasteiger partial charge in [0.25, 0.3) is 5.69 Å². The zero-order valence-electron chi connectivity index (χ0n) is 10.6. The van der Waals surface area contributed by atoms with Gasteiger partial charge in [0.1, 0.15) is 11.5 Å². The first-order chi connectivity index (χ1) is 8.99. The Morgan fingerprint density at radius 3 is 2.58 bits per heavy atom. The van der Waals surface area contributed by atoms with Crippen molar-refractivity contribution in [2.45, 2.75) is 19.8 Å². The molecule has 0 atom stereocenters. The highest BCUT2D eigenvalue weighted by Gasteiger charge is 2.26. The Bertz CT molecular complexity index is 511. The van der Waals surface area contributed by atoms with Gasteiger partial charge in [0.2, 0.25) is 0 Å². The van der Waals surface area contributed by atoms with Crippen LogP contribution in [0.1, 0.15) is 19.8 Å². The molecule has 0 N–H and O–H groups in total. The molecule has 0 saturated carbocycles. The van der Waals surface area contributed by atoms with E-state index in [-0.39, 0.29) is 17.4 Å². The van der Waals surface area contributed by atoms with Crippen molar-refractivity contribution in [3.63, 3.8) is 0 Å². The Morgan fingerprint density at radius 2 is 2.05 bits per heavy atom. The number of ketones is 1. The molecule has 0 aromatic heterocycles. The van der Waals surface area contributed by atoms with E-state index in [1.807, 2.05) is 4.90 Å². The minimum absolute atomic E-state index is 0.0608. The van der Waals surface area contributed by atoms with E-state index in [1.165, 1.54) is 12.1 Å². The number of piperidine rings is 1. The average molecular weight is 283 g/mol. The highest BCUT2D eigenvalue weighted by molar-refractivity contribution is 6.31. The first-order valence-corrected chi connectivity index (χ1v) is 6.56. The van der Waals surface area contributed by atoms with Gasteiger partial charge in [0.15, 0.2) is 0 Å². The molecule has 1 saturated heterocycles. The lowest BCUT2D eigenvalue weighted by molar-refractivity contribution is -0.384. The summed E-state index contributed by atoms with van der Waals surface area (Å²) in [6.45, 7) is 2.89. The average Bonchev–Trinajstić information content (AvgIpc) is 2.38. The van der Waals surface area contributed by atoms with Crippen molar-refractivity contribution in [2.24, 2.45) is 5.92 Å². The Hall–Kier alpha value is -1.62. The van der Waals surface area contributed by atoms with Gasteiger partial charge in [-0.2, -0.15) is 0 Å². The Labute approximate surface area is 116 Å². The fraction of sp³-hybridized carbons (Fsp3) is 0.462. The van der Waals surface area contributed by atoms with Crippen molar-refractivity contribution in [1.29, 1.82) is 0 Å². The number of Topliss-reactive ketones (excluding diaryl/α,β-unsaturated/α-hetero) is 1. The number of nitrogens with zero attached hydrogens (tertiary/aromatic N) is 2. The Kier molecular flexibility index (Phi) is 4.04. The maximum Gasteiger partial charge on any atom is 0.292 e. The number of carbonyl (C=O) groups excluding carboxylic acids is 1. The van der Waals surface area contributed by atoms with Crippen molar-refractivity contribution in [3.05, 3.63) is 33.3 Å². The van der Waals surface area contributed by atoms with E-state index in [9.17, 15) is 14.9 Å². The van der Waals surface area contributed by atoms with Crippen molar-refractivity contribution < 1.29 is 9.72 Å². The van der Waals surface area contributed by atoms with Crippen molar-refractivity contribution in [1.82, 2.24) is 0 Å². The number of nitro benzene ring substituents is 1. The second-order valence-corrected chi connectivity index (χ2v) is 5.20. The SMILES string of the molecule is CC(=O)C1CCN(c2cc(Cl)ccc2[N+](=O)[O-])CC1. The Morgan fingerprint density at radius 1 is 1.42 bits per heavy atom. The van der Waals surface area contributed by atoms with E-state index >= 15 is 0 Å². The molecule has 2 rings (SSSR count). The predicted molar refractivity (Wildman–Crippen MR) is 73.7 cm³/mol. The van der Waals surface area contributed by atoms with Crippen LogP contribution in [0.25, 0.3) is 0 Å². The standard InChI is InChI=1S/C13H15ClN2O3/c1-9(17)10-4-6-15(7-5-10)13-8-11(14)2-3-12(13)16(18)19/h2-3,8,10H,4-7H2,1H3. The summed E-state index contributed by atoms with van der Waals surface area (Å²) >= 11 is 5.92. The third kappa shape index (κ3) is 3.04. The molecule has 0 radical (unpaired) electrons. The highest BCUT2D eigenvalue weighted by Crippen LogP contribution is 2.33. The molecule has 0 aliphatic carbocycles. The van der Waals surface area contributed by atoms with Gasteiger partial charge in [-0.1, -0.05) is 11.6 Å². The number of halogens is 1. The molecule has 102 valence electrons. The summed E-state index contributed by atoms with van der Waals surface area (Å²) in [5.41, 5.74) is 0.602. The summed E-state index contributed by atoms with van der Waals surface area (Å²) in [5, 5.41) is 11.5. The van der Waals surface area contributed by atoms with Gasteiger partial charge < -0.3 is 4.90 Å². The summed E-state index contributed by atoms with van der Waals surface area (Å²) in [5.74, 6) is 0.273. The topological polar surface area (TPSA) is 63.5 Å². The van der Waals surface area contributed by atoms with Gasteiger partial charge in [-0.25, -0.2) is 0 Å². The minimum atomic E-state index is -0.400. The van der Waals surface area contributed by atoms with Crippen LogP contribution in [0.2, 0.25) is 5.02 Å². The summed E-state index contributed by atoms with van der Waals surface area (Å²) in [6.07, 6.45) is 1.47. The van der Waals surface area contributed by atoms with Crippen LogP contribution in [0, 0.1) is 16.0 Å². The molecule has 5 nitrogen and oxygen atoms in total. The van der Waals surface area contributed by atoms with E-state index in [0.29, 0.717) is 23.8 Å². The first-order valence-electron chi connectivity index (χ1n) is 6.18.